The molecule has 0 spiro atoms. The fourth-order valence-electron chi connectivity index (χ4n) is 1.20. The maximum absolute atomic E-state index is 10.8. The Morgan fingerprint density at radius 1 is 1.93 bits per heavy atom. The largest absolute Gasteiger partial charge is 0.463 e. The minimum Gasteiger partial charge on any atom is -0.463 e. The first-order chi connectivity index (χ1) is 8.29. The van der Waals surface area contributed by atoms with Gasteiger partial charge in [-0.2, -0.15) is 0 Å². The van der Waals surface area contributed by atoms with Crippen LogP contribution in [0.15, 0.2) is 6.20 Å². The number of hydrogen-bond donors (Lipinski definition) is 0. The van der Waals surface area contributed by atoms with Crippen molar-refractivity contribution in [2.24, 2.45) is 6.98 Å². The quantitative estimate of drug-likeness (QED) is 0.542. The van der Waals surface area contributed by atoms with Crippen molar-refractivity contribution in [2.75, 3.05) is 6.61 Å². The number of hydrogen-bond acceptors (Lipinski definition) is 5. The summed E-state index contributed by atoms with van der Waals surface area (Å²) in [6.45, 7) is -0.520. The zero-order valence-corrected chi connectivity index (χ0v) is 7.91. The molecule has 7 heteroatoms. The van der Waals surface area contributed by atoms with Crippen molar-refractivity contribution >= 4 is 5.69 Å². The SMILES string of the molecule is [2H]C([2H])([2H])n1cc([N+](=O)[O-])c(O[C@@H]2CO[C@H]2C)n1. The second kappa shape index (κ2) is 3.50. The van der Waals surface area contributed by atoms with Crippen LogP contribution in [0.4, 0.5) is 5.69 Å². The van der Waals surface area contributed by atoms with Gasteiger partial charge in [0.25, 0.3) is 0 Å². The van der Waals surface area contributed by atoms with Gasteiger partial charge in [-0.1, -0.05) is 0 Å². The molecule has 1 aromatic rings. The van der Waals surface area contributed by atoms with Crippen molar-refractivity contribution in [1.29, 1.82) is 0 Å². The van der Waals surface area contributed by atoms with Crippen molar-refractivity contribution < 1.29 is 18.5 Å². The van der Waals surface area contributed by atoms with E-state index in [0.717, 1.165) is 6.20 Å². The number of nitrogens with zero attached hydrogens (tertiary/aromatic N) is 3. The van der Waals surface area contributed by atoms with Crippen molar-refractivity contribution in [3.63, 3.8) is 0 Å². The maximum Gasteiger partial charge on any atom is 0.350 e. The van der Waals surface area contributed by atoms with Gasteiger partial charge in [0.15, 0.2) is 0 Å². The van der Waals surface area contributed by atoms with Crippen LogP contribution in [0, 0.1) is 10.1 Å². The van der Waals surface area contributed by atoms with Crippen LogP contribution in [0.2, 0.25) is 0 Å². The lowest BCUT2D eigenvalue weighted by atomic mass is 10.2. The molecular weight excluding hydrogens is 202 g/mol. The number of aromatic nitrogens is 2. The monoisotopic (exact) mass is 216 g/mol. The lowest BCUT2D eigenvalue weighted by Gasteiger charge is -2.32. The molecular formula is C8H11N3O4. The van der Waals surface area contributed by atoms with E-state index < -0.39 is 17.6 Å². The number of ether oxygens (including phenoxy) is 2. The van der Waals surface area contributed by atoms with Gasteiger partial charge < -0.3 is 9.47 Å². The van der Waals surface area contributed by atoms with E-state index in [-0.39, 0.29) is 18.1 Å². The first-order valence-corrected chi connectivity index (χ1v) is 4.32. The molecule has 1 aromatic heterocycles. The molecule has 15 heavy (non-hydrogen) atoms. The average molecular weight is 216 g/mol. The van der Waals surface area contributed by atoms with Gasteiger partial charge in [-0.15, -0.1) is 5.10 Å². The molecule has 0 amide bonds. The van der Waals surface area contributed by atoms with Crippen LogP contribution in [0.1, 0.15) is 11.0 Å². The summed E-state index contributed by atoms with van der Waals surface area (Å²) in [6, 6.07) is 0. The summed E-state index contributed by atoms with van der Waals surface area (Å²) in [4.78, 5) is 10.1. The van der Waals surface area contributed by atoms with Gasteiger partial charge >= 0.3 is 11.6 Å². The third-order valence-electron chi connectivity index (χ3n) is 2.17. The van der Waals surface area contributed by atoms with E-state index in [9.17, 15) is 10.1 Å². The number of aryl methyl sites for hydroxylation is 1. The van der Waals surface area contributed by atoms with Crippen LogP contribution in [0.5, 0.6) is 5.88 Å². The molecule has 1 fully saturated rings. The summed E-state index contributed by atoms with van der Waals surface area (Å²) in [5, 5.41) is 14.4. The third kappa shape index (κ3) is 1.78. The molecule has 0 unspecified atom stereocenters. The molecule has 0 aromatic carbocycles. The van der Waals surface area contributed by atoms with Crippen molar-refractivity contribution in [2.45, 2.75) is 19.1 Å². The first kappa shape index (κ1) is 6.78. The lowest BCUT2D eigenvalue weighted by molar-refractivity contribution is -0.386. The zero-order valence-electron chi connectivity index (χ0n) is 10.9. The standard InChI is InChI=1S/C8H11N3O4/c1-5-7(4-14-5)15-8-6(11(12)13)3-10(2)9-8/h3,5,7H,4H2,1-2H3/t5-,7+/m0/s1/i2D3. The molecule has 1 aliphatic heterocycles. The van der Waals surface area contributed by atoms with Crippen molar-refractivity contribution in [3.8, 4) is 5.88 Å². The van der Waals surface area contributed by atoms with Crippen LogP contribution in [-0.4, -0.2) is 33.5 Å². The van der Waals surface area contributed by atoms with Gasteiger partial charge in [0, 0.05) is 11.1 Å². The second-order valence-corrected chi connectivity index (χ2v) is 3.22. The number of nitro groups is 1. The highest BCUT2D eigenvalue weighted by Crippen LogP contribution is 2.27. The first-order valence-electron chi connectivity index (χ1n) is 5.82. The highest BCUT2D eigenvalue weighted by Gasteiger charge is 2.33. The van der Waals surface area contributed by atoms with E-state index in [1.54, 1.807) is 6.92 Å². The summed E-state index contributed by atoms with van der Waals surface area (Å²) in [5.41, 5.74) is -0.467. The Hall–Kier alpha value is -1.63. The van der Waals surface area contributed by atoms with Gasteiger partial charge in [-0.3, -0.25) is 14.8 Å². The van der Waals surface area contributed by atoms with E-state index in [1.807, 2.05) is 0 Å². The summed E-state index contributed by atoms with van der Waals surface area (Å²) in [5.74, 6) is -0.295. The highest BCUT2D eigenvalue weighted by atomic mass is 16.6. The zero-order chi connectivity index (χ0) is 13.5. The van der Waals surface area contributed by atoms with Crippen molar-refractivity contribution in [1.82, 2.24) is 9.78 Å². The molecule has 82 valence electrons. The van der Waals surface area contributed by atoms with Gasteiger partial charge in [0.2, 0.25) is 0 Å². The molecule has 0 N–H and O–H groups in total. The van der Waals surface area contributed by atoms with Gasteiger partial charge in [0.1, 0.15) is 12.3 Å². The van der Waals surface area contributed by atoms with Crippen LogP contribution in [0.3, 0.4) is 0 Å². The minimum absolute atomic E-state index is 0.192. The Morgan fingerprint density at radius 3 is 3.20 bits per heavy atom. The Balaban J connectivity index is 2.27. The molecule has 2 atom stereocenters. The average Bonchev–Trinajstić information content (AvgIpc) is 2.67. The van der Waals surface area contributed by atoms with E-state index in [4.69, 9.17) is 13.6 Å². The molecule has 1 saturated heterocycles. The second-order valence-electron chi connectivity index (χ2n) is 3.22. The highest BCUT2D eigenvalue weighted by molar-refractivity contribution is 5.38. The minimum atomic E-state index is -2.58. The fourth-order valence-corrected chi connectivity index (χ4v) is 1.20. The van der Waals surface area contributed by atoms with Gasteiger partial charge in [-0.25, -0.2) is 0 Å². The van der Waals surface area contributed by atoms with Crippen LogP contribution in [-0.2, 0) is 11.7 Å². The molecule has 7 nitrogen and oxygen atoms in total. The van der Waals surface area contributed by atoms with E-state index in [1.165, 1.54) is 0 Å². The fraction of sp³-hybridized carbons (Fsp3) is 0.625. The normalized spacial score (nSPS) is 28.5. The summed E-state index contributed by atoms with van der Waals surface area (Å²) >= 11 is 0. The van der Waals surface area contributed by atoms with Crippen molar-refractivity contribution in [3.05, 3.63) is 16.3 Å². The van der Waals surface area contributed by atoms with Crippen LogP contribution >= 0.6 is 0 Å². The molecule has 0 saturated carbocycles. The molecule has 0 radical (unpaired) electrons. The molecule has 1 aliphatic rings. The Kier molecular flexibility index (Phi) is 1.58. The van der Waals surface area contributed by atoms with E-state index >= 15 is 0 Å². The smallest absolute Gasteiger partial charge is 0.350 e. The predicted octanol–water partition coefficient (Wildman–Crippen LogP) is 0.494. The van der Waals surface area contributed by atoms with Gasteiger partial charge in [0.05, 0.1) is 17.6 Å². The lowest BCUT2D eigenvalue weighted by Crippen LogP contribution is -2.46. The summed E-state index contributed by atoms with van der Waals surface area (Å²) in [7, 11) is 0. The van der Waals surface area contributed by atoms with E-state index in [2.05, 4.69) is 5.10 Å². The van der Waals surface area contributed by atoms with Gasteiger partial charge in [-0.05, 0) is 6.92 Å². The maximum atomic E-state index is 10.8. The molecule has 2 heterocycles. The topological polar surface area (TPSA) is 79.4 Å². The molecule has 2 rings (SSSR count). The summed E-state index contributed by atoms with van der Waals surface area (Å²) in [6.07, 6.45) is 0.304. The molecule has 0 bridgehead atoms. The van der Waals surface area contributed by atoms with Crippen LogP contribution in [0.25, 0.3) is 0 Å². The Labute approximate surface area is 90.0 Å². The third-order valence-corrected chi connectivity index (χ3v) is 2.17. The number of rotatable bonds is 3. The Bertz CT molecular complexity index is 473. The van der Waals surface area contributed by atoms with Crippen LogP contribution < -0.4 is 4.74 Å². The molecule has 0 aliphatic carbocycles. The predicted molar refractivity (Wildman–Crippen MR) is 49.7 cm³/mol. The van der Waals surface area contributed by atoms with E-state index in [0.29, 0.717) is 11.3 Å². The summed E-state index contributed by atoms with van der Waals surface area (Å²) < 4.78 is 32.3. The Morgan fingerprint density at radius 2 is 2.73 bits per heavy atom.